The standard InChI is InChI=1S/C24H23F3N4S/c1-3-4-13-31-21-10-9-18(14-20(21)19-11-12-28-15(2)22(19)31)30-23(32)29-17-7-5-16(6-8-17)24(25,26)27/h5-12,14H,3-4,13H2,1-2H3,(H2,29,30,32). The number of nitrogens with one attached hydrogen (secondary N) is 2. The van der Waals surface area contributed by atoms with E-state index in [0.717, 1.165) is 64.7 Å². The highest BCUT2D eigenvalue weighted by Gasteiger charge is 2.29. The quantitative estimate of drug-likeness (QED) is 0.314. The third-order valence-electron chi connectivity index (χ3n) is 5.42. The van der Waals surface area contributed by atoms with Crippen LogP contribution in [0.4, 0.5) is 24.5 Å². The molecule has 8 heteroatoms. The van der Waals surface area contributed by atoms with E-state index >= 15 is 0 Å². The Morgan fingerprint density at radius 3 is 2.38 bits per heavy atom. The molecule has 4 rings (SSSR count). The second-order valence-electron chi connectivity index (χ2n) is 7.68. The first-order valence-electron chi connectivity index (χ1n) is 10.4. The van der Waals surface area contributed by atoms with Crippen LogP contribution in [0.2, 0.25) is 0 Å². The monoisotopic (exact) mass is 456 g/mol. The zero-order valence-corrected chi connectivity index (χ0v) is 18.6. The van der Waals surface area contributed by atoms with Gasteiger partial charge in [-0.05, 0) is 74.1 Å². The van der Waals surface area contributed by atoms with Crippen molar-refractivity contribution in [1.82, 2.24) is 9.55 Å². The van der Waals surface area contributed by atoms with Crippen LogP contribution in [0, 0.1) is 6.92 Å². The first kappa shape index (κ1) is 22.1. The summed E-state index contributed by atoms with van der Waals surface area (Å²) in [6.45, 7) is 5.11. The summed E-state index contributed by atoms with van der Waals surface area (Å²) in [7, 11) is 0. The predicted octanol–water partition coefficient (Wildman–Crippen LogP) is 7.13. The van der Waals surface area contributed by atoms with Gasteiger partial charge in [0.15, 0.2) is 5.11 Å². The lowest BCUT2D eigenvalue weighted by Crippen LogP contribution is -2.19. The average molecular weight is 457 g/mol. The fraction of sp³-hybridized carbons (Fsp3) is 0.250. The lowest BCUT2D eigenvalue weighted by molar-refractivity contribution is -0.137. The molecule has 0 bridgehead atoms. The number of hydrogen-bond donors (Lipinski definition) is 2. The minimum atomic E-state index is -4.36. The number of benzene rings is 2. The molecular formula is C24H23F3N4S. The van der Waals surface area contributed by atoms with Crippen molar-refractivity contribution in [2.45, 2.75) is 39.4 Å². The number of alkyl halides is 3. The van der Waals surface area contributed by atoms with Gasteiger partial charge >= 0.3 is 6.18 Å². The van der Waals surface area contributed by atoms with Crippen molar-refractivity contribution in [2.75, 3.05) is 10.6 Å². The summed E-state index contributed by atoms with van der Waals surface area (Å²) in [5.74, 6) is 0. The van der Waals surface area contributed by atoms with Gasteiger partial charge in [-0.1, -0.05) is 13.3 Å². The maximum absolute atomic E-state index is 12.7. The van der Waals surface area contributed by atoms with Gasteiger partial charge in [-0.25, -0.2) is 0 Å². The molecule has 4 nitrogen and oxygen atoms in total. The molecule has 0 amide bonds. The van der Waals surface area contributed by atoms with Gasteiger partial charge in [0.2, 0.25) is 0 Å². The number of fused-ring (bicyclic) bond motifs is 3. The van der Waals surface area contributed by atoms with E-state index in [1.807, 2.05) is 31.3 Å². The number of nitrogens with zero attached hydrogens (tertiary/aromatic N) is 2. The number of rotatable bonds is 5. The van der Waals surface area contributed by atoms with E-state index < -0.39 is 11.7 Å². The van der Waals surface area contributed by atoms with Crippen LogP contribution in [0.1, 0.15) is 31.0 Å². The summed E-state index contributed by atoms with van der Waals surface area (Å²) in [6, 6.07) is 12.8. The smallest absolute Gasteiger partial charge is 0.339 e. The number of aromatic nitrogens is 2. The second-order valence-corrected chi connectivity index (χ2v) is 8.09. The zero-order valence-electron chi connectivity index (χ0n) is 17.8. The zero-order chi connectivity index (χ0) is 22.9. The van der Waals surface area contributed by atoms with Gasteiger partial charge in [0.1, 0.15) is 0 Å². The van der Waals surface area contributed by atoms with E-state index in [0.29, 0.717) is 10.8 Å². The molecule has 32 heavy (non-hydrogen) atoms. The van der Waals surface area contributed by atoms with E-state index in [1.165, 1.54) is 12.1 Å². The molecule has 0 aliphatic carbocycles. The Morgan fingerprint density at radius 2 is 1.69 bits per heavy atom. The van der Waals surface area contributed by atoms with Crippen LogP contribution in [-0.2, 0) is 12.7 Å². The molecule has 0 saturated heterocycles. The van der Waals surface area contributed by atoms with Crippen LogP contribution in [0.3, 0.4) is 0 Å². The molecule has 4 aromatic rings. The molecule has 2 aromatic heterocycles. The van der Waals surface area contributed by atoms with Gasteiger partial charge in [-0.15, -0.1) is 0 Å². The van der Waals surface area contributed by atoms with Gasteiger partial charge in [-0.2, -0.15) is 13.2 Å². The van der Waals surface area contributed by atoms with Crippen LogP contribution in [0.25, 0.3) is 21.8 Å². The second kappa shape index (κ2) is 8.78. The summed E-state index contributed by atoms with van der Waals surface area (Å²) < 4.78 is 40.5. The van der Waals surface area contributed by atoms with Gasteiger partial charge in [0, 0.05) is 40.4 Å². The Morgan fingerprint density at radius 1 is 1.00 bits per heavy atom. The Bertz CT molecular complexity index is 1280. The normalized spacial score (nSPS) is 11.8. The van der Waals surface area contributed by atoms with Gasteiger partial charge in [0.05, 0.1) is 16.8 Å². The fourth-order valence-corrected chi connectivity index (χ4v) is 4.12. The highest BCUT2D eigenvalue weighted by atomic mass is 32.1. The molecule has 166 valence electrons. The third-order valence-corrected chi connectivity index (χ3v) is 5.62. The Hall–Kier alpha value is -3.13. The highest BCUT2D eigenvalue weighted by Crippen LogP contribution is 2.33. The maximum atomic E-state index is 12.7. The summed E-state index contributed by atoms with van der Waals surface area (Å²) >= 11 is 5.37. The van der Waals surface area contributed by atoms with Crippen molar-refractivity contribution in [1.29, 1.82) is 0 Å². The minimum absolute atomic E-state index is 0.302. The molecule has 0 radical (unpaired) electrons. The number of thiocarbonyl (C=S) groups is 1. The lowest BCUT2D eigenvalue weighted by Gasteiger charge is -2.12. The van der Waals surface area contributed by atoms with E-state index in [-0.39, 0.29) is 0 Å². The first-order valence-corrected chi connectivity index (χ1v) is 10.8. The SMILES string of the molecule is CCCCn1c2ccc(NC(=S)Nc3ccc(C(F)(F)F)cc3)cc2c2ccnc(C)c21. The minimum Gasteiger partial charge on any atom is -0.339 e. The number of halogens is 3. The van der Waals surface area contributed by atoms with Crippen LogP contribution in [0.5, 0.6) is 0 Å². The molecule has 0 saturated carbocycles. The van der Waals surface area contributed by atoms with Crippen molar-refractivity contribution in [3.8, 4) is 0 Å². The summed E-state index contributed by atoms with van der Waals surface area (Å²) in [4.78, 5) is 4.47. The average Bonchev–Trinajstić information content (AvgIpc) is 3.06. The van der Waals surface area contributed by atoms with E-state index in [1.54, 1.807) is 0 Å². The van der Waals surface area contributed by atoms with Crippen molar-refractivity contribution in [3.05, 3.63) is 66.0 Å². The van der Waals surface area contributed by atoms with Crippen molar-refractivity contribution in [3.63, 3.8) is 0 Å². The molecule has 0 fully saturated rings. The number of pyridine rings is 1. The number of anilines is 2. The molecular weight excluding hydrogens is 433 g/mol. The third kappa shape index (κ3) is 4.41. The van der Waals surface area contributed by atoms with Gasteiger partial charge in [0.25, 0.3) is 0 Å². The molecule has 0 aliphatic rings. The van der Waals surface area contributed by atoms with Gasteiger partial charge < -0.3 is 15.2 Å². The predicted molar refractivity (Wildman–Crippen MR) is 128 cm³/mol. The largest absolute Gasteiger partial charge is 0.416 e. The fourth-order valence-electron chi connectivity index (χ4n) is 3.89. The highest BCUT2D eigenvalue weighted by molar-refractivity contribution is 7.80. The van der Waals surface area contributed by atoms with Crippen LogP contribution in [-0.4, -0.2) is 14.7 Å². The molecule has 2 N–H and O–H groups in total. The number of unbranched alkanes of at least 4 members (excludes halogenated alkanes) is 1. The van der Waals surface area contributed by atoms with Crippen molar-refractivity contribution < 1.29 is 13.2 Å². The molecule has 0 atom stereocenters. The van der Waals surface area contributed by atoms with Crippen LogP contribution >= 0.6 is 12.2 Å². The lowest BCUT2D eigenvalue weighted by atomic mass is 10.1. The summed E-state index contributed by atoms with van der Waals surface area (Å²) in [5.41, 5.74) is 3.84. The van der Waals surface area contributed by atoms with E-state index in [9.17, 15) is 13.2 Å². The Labute approximate surface area is 189 Å². The van der Waals surface area contributed by atoms with Crippen LogP contribution in [0.15, 0.2) is 54.7 Å². The van der Waals surface area contributed by atoms with Crippen molar-refractivity contribution in [2.24, 2.45) is 0 Å². The Balaban J connectivity index is 1.59. The molecule has 2 aromatic carbocycles. The topological polar surface area (TPSA) is 41.9 Å². The van der Waals surface area contributed by atoms with Gasteiger partial charge in [-0.3, -0.25) is 4.98 Å². The molecule has 2 heterocycles. The molecule has 0 unspecified atom stereocenters. The molecule has 0 spiro atoms. The van der Waals surface area contributed by atoms with Crippen molar-refractivity contribution >= 4 is 50.5 Å². The maximum Gasteiger partial charge on any atom is 0.416 e. The molecule has 0 aliphatic heterocycles. The van der Waals surface area contributed by atoms with E-state index in [4.69, 9.17) is 12.2 Å². The van der Waals surface area contributed by atoms with Crippen LogP contribution < -0.4 is 10.6 Å². The summed E-state index contributed by atoms with van der Waals surface area (Å²) in [5, 5.41) is 8.60. The number of hydrogen-bond acceptors (Lipinski definition) is 2. The summed E-state index contributed by atoms with van der Waals surface area (Å²) in [6.07, 6.45) is -0.368. The van der Waals surface area contributed by atoms with E-state index in [2.05, 4.69) is 33.2 Å². The Kier molecular flexibility index (Phi) is 6.06. The number of aryl methyl sites for hydroxylation is 2. The first-order chi connectivity index (χ1) is 15.3.